The molecule has 0 fully saturated rings. The van der Waals surface area contributed by atoms with Crippen molar-refractivity contribution in [1.29, 1.82) is 0 Å². The Hall–Kier alpha value is -4.05. The molecule has 3 aromatic rings. The van der Waals surface area contributed by atoms with E-state index in [1.54, 1.807) is 43.3 Å². The van der Waals surface area contributed by atoms with Crippen molar-refractivity contribution in [2.45, 2.75) is 24.4 Å². The number of nitrogens with one attached hydrogen (secondary N) is 1. The fraction of sp³-hybridized carbons (Fsp3) is 0.259. The molecule has 3 aromatic carbocycles. The lowest BCUT2D eigenvalue weighted by atomic mass is 10.1. The summed E-state index contributed by atoms with van der Waals surface area (Å²) >= 11 is 0. The lowest BCUT2D eigenvalue weighted by Gasteiger charge is -2.32. The van der Waals surface area contributed by atoms with Gasteiger partial charge in [-0.05, 0) is 36.8 Å². The van der Waals surface area contributed by atoms with Crippen LogP contribution in [0.3, 0.4) is 0 Å². The van der Waals surface area contributed by atoms with Crippen molar-refractivity contribution in [2.75, 3.05) is 31.1 Å². The van der Waals surface area contributed by atoms with Crippen LogP contribution in [0.4, 0.5) is 5.69 Å². The molecule has 1 heterocycles. The van der Waals surface area contributed by atoms with Crippen molar-refractivity contribution in [2.24, 2.45) is 0 Å². The van der Waals surface area contributed by atoms with Crippen molar-refractivity contribution in [3.8, 4) is 11.5 Å². The molecule has 37 heavy (non-hydrogen) atoms. The first-order chi connectivity index (χ1) is 17.8. The molecule has 194 valence electrons. The number of hydrogen-bond donors (Lipinski definition) is 1. The molecule has 0 spiro atoms. The van der Waals surface area contributed by atoms with Gasteiger partial charge in [-0.1, -0.05) is 48.5 Å². The largest absolute Gasteiger partial charge is 0.486 e. The lowest BCUT2D eigenvalue weighted by Crippen LogP contribution is -2.50. The summed E-state index contributed by atoms with van der Waals surface area (Å²) in [6, 6.07) is 21.0. The van der Waals surface area contributed by atoms with Crippen LogP contribution in [0.25, 0.3) is 0 Å². The Morgan fingerprint density at radius 2 is 1.54 bits per heavy atom. The Kier molecular flexibility index (Phi) is 7.98. The molecule has 4 rings (SSSR count). The maximum atomic E-state index is 13.8. The highest BCUT2D eigenvalue weighted by atomic mass is 32.2. The van der Waals surface area contributed by atoms with Gasteiger partial charge in [-0.25, -0.2) is 8.42 Å². The third kappa shape index (κ3) is 5.86. The molecule has 0 aromatic heterocycles. The summed E-state index contributed by atoms with van der Waals surface area (Å²) in [7, 11) is -2.65. The van der Waals surface area contributed by atoms with Gasteiger partial charge in [0.1, 0.15) is 25.8 Å². The van der Waals surface area contributed by atoms with E-state index in [1.807, 2.05) is 30.3 Å². The summed E-state index contributed by atoms with van der Waals surface area (Å²) < 4.78 is 39.8. The van der Waals surface area contributed by atoms with Crippen molar-refractivity contribution in [3.05, 3.63) is 84.4 Å². The van der Waals surface area contributed by atoms with Crippen LogP contribution in [0.1, 0.15) is 12.5 Å². The highest BCUT2D eigenvalue weighted by molar-refractivity contribution is 7.92. The first-order valence-electron chi connectivity index (χ1n) is 11.8. The molecular weight excluding hydrogens is 494 g/mol. The predicted molar refractivity (Wildman–Crippen MR) is 139 cm³/mol. The Labute approximate surface area is 216 Å². The number of sulfonamides is 1. The molecule has 0 radical (unpaired) electrons. The second-order valence-electron chi connectivity index (χ2n) is 8.45. The molecule has 1 N–H and O–H groups in total. The van der Waals surface area contributed by atoms with Crippen molar-refractivity contribution < 1.29 is 27.5 Å². The molecule has 0 saturated heterocycles. The molecule has 0 bridgehead atoms. The number of anilines is 1. The van der Waals surface area contributed by atoms with Gasteiger partial charge in [-0.3, -0.25) is 13.9 Å². The number of nitrogens with zero attached hydrogens (tertiary/aromatic N) is 2. The molecular formula is C27H29N3O6S. The molecule has 0 unspecified atom stereocenters. The van der Waals surface area contributed by atoms with Gasteiger partial charge in [0, 0.05) is 19.7 Å². The zero-order chi connectivity index (χ0) is 26.4. The van der Waals surface area contributed by atoms with Crippen LogP contribution in [-0.4, -0.2) is 58.0 Å². The van der Waals surface area contributed by atoms with E-state index in [4.69, 9.17) is 9.47 Å². The Morgan fingerprint density at radius 3 is 2.19 bits per heavy atom. The Balaban J connectivity index is 1.73. The minimum atomic E-state index is -4.14. The van der Waals surface area contributed by atoms with Crippen molar-refractivity contribution >= 4 is 27.5 Å². The van der Waals surface area contributed by atoms with Gasteiger partial charge >= 0.3 is 0 Å². The fourth-order valence-corrected chi connectivity index (χ4v) is 5.43. The molecule has 1 aliphatic heterocycles. The Morgan fingerprint density at radius 1 is 0.919 bits per heavy atom. The van der Waals surface area contributed by atoms with E-state index in [0.29, 0.717) is 24.7 Å². The number of carbonyl (C=O) groups is 2. The van der Waals surface area contributed by atoms with Crippen LogP contribution in [0.5, 0.6) is 11.5 Å². The number of rotatable bonds is 9. The summed E-state index contributed by atoms with van der Waals surface area (Å²) in [4.78, 5) is 27.7. The standard InChI is InChI=1S/C27H29N3O6S/c1-20(27(32)28-2)29(18-21-9-5-3-6-10-21)26(31)19-30(37(33,34)23-11-7-4-8-12-23)22-13-14-24-25(17-22)36-16-15-35-24/h3-14,17,20H,15-16,18-19H2,1-2H3,(H,28,32)/t20-/m1/s1. The number of likely N-dealkylation sites (N-methyl/N-ethyl adjacent to an activating group) is 1. The second kappa shape index (κ2) is 11.3. The van der Waals surface area contributed by atoms with Gasteiger partial charge in [0.05, 0.1) is 10.6 Å². The first-order valence-corrected chi connectivity index (χ1v) is 13.3. The number of amides is 2. The highest BCUT2D eigenvalue weighted by Gasteiger charge is 2.33. The topological polar surface area (TPSA) is 105 Å². The van der Waals surface area contributed by atoms with Gasteiger partial charge in [0.2, 0.25) is 11.8 Å². The minimum absolute atomic E-state index is 0.0339. The summed E-state index contributed by atoms with van der Waals surface area (Å²) in [6.45, 7) is 1.94. The predicted octanol–water partition coefficient (Wildman–Crippen LogP) is 2.82. The molecule has 9 nitrogen and oxygen atoms in total. The number of benzene rings is 3. The van der Waals surface area contributed by atoms with E-state index in [0.717, 1.165) is 9.87 Å². The molecule has 10 heteroatoms. The summed E-state index contributed by atoms with van der Waals surface area (Å²) in [6.07, 6.45) is 0. The number of fused-ring (bicyclic) bond motifs is 1. The molecule has 2 amide bonds. The molecule has 0 aliphatic carbocycles. The van der Waals surface area contributed by atoms with E-state index in [1.165, 1.54) is 24.1 Å². The molecule has 0 saturated carbocycles. The summed E-state index contributed by atoms with van der Waals surface area (Å²) in [5.74, 6) is -0.00270. The third-order valence-electron chi connectivity index (χ3n) is 6.03. The number of hydrogen-bond acceptors (Lipinski definition) is 6. The number of ether oxygens (including phenoxy) is 2. The lowest BCUT2D eigenvalue weighted by molar-refractivity contribution is -0.139. The van der Waals surface area contributed by atoms with Gasteiger partial charge in [-0.15, -0.1) is 0 Å². The zero-order valence-electron chi connectivity index (χ0n) is 20.7. The number of carbonyl (C=O) groups excluding carboxylic acids is 2. The van der Waals surface area contributed by atoms with Crippen LogP contribution in [-0.2, 0) is 26.2 Å². The van der Waals surface area contributed by atoms with Crippen LogP contribution in [0.2, 0.25) is 0 Å². The average molecular weight is 524 g/mol. The quantitative estimate of drug-likeness (QED) is 0.463. The zero-order valence-corrected chi connectivity index (χ0v) is 21.5. The van der Waals surface area contributed by atoms with Crippen molar-refractivity contribution in [1.82, 2.24) is 10.2 Å². The Bertz CT molecular complexity index is 1350. The van der Waals surface area contributed by atoms with E-state index >= 15 is 0 Å². The fourth-order valence-electron chi connectivity index (χ4n) is 4.01. The van der Waals surface area contributed by atoms with Gasteiger partial charge < -0.3 is 19.7 Å². The van der Waals surface area contributed by atoms with Gasteiger partial charge in [0.15, 0.2) is 11.5 Å². The van der Waals surface area contributed by atoms with E-state index in [2.05, 4.69) is 5.32 Å². The first kappa shape index (κ1) is 26.0. The summed E-state index contributed by atoms with van der Waals surface area (Å²) in [5.41, 5.74) is 1.05. The van der Waals surface area contributed by atoms with Gasteiger partial charge in [0.25, 0.3) is 10.0 Å². The molecule has 1 aliphatic rings. The van der Waals surface area contributed by atoms with Crippen LogP contribution in [0.15, 0.2) is 83.8 Å². The monoisotopic (exact) mass is 523 g/mol. The van der Waals surface area contributed by atoms with E-state index in [9.17, 15) is 18.0 Å². The van der Waals surface area contributed by atoms with E-state index < -0.39 is 28.5 Å². The SMILES string of the molecule is CNC(=O)[C@@H](C)N(Cc1ccccc1)C(=O)CN(c1ccc2c(c1)OCCO2)S(=O)(=O)c1ccccc1. The molecule has 1 atom stereocenters. The minimum Gasteiger partial charge on any atom is -0.486 e. The van der Waals surface area contributed by atoms with Crippen molar-refractivity contribution in [3.63, 3.8) is 0 Å². The normalized spacial score (nSPS) is 13.4. The summed E-state index contributed by atoms with van der Waals surface area (Å²) in [5, 5.41) is 2.57. The van der Waals surface area contributed by atoms with Crippen LogP contribution < -0.4 is 19.1 Å². The highest BCUT2D eigenvalue weighted by Crippen LogP contribution is 2.35. The average Bonchev–Trinajstić information content (AvgIpc) is 2.94. The van der Waals surface area contributed by atoms with E-state index in [-0.39, 0.29) is 23.0 Å². The maximum absolute atomic E-state index is 13.8. The maximum Gasteiger partial charge on any atom is 0.264 e. The van der Waals surface area contributed by atoms with Crippen LogP contribution >= 0.6 is 0 Å². The second-order valence-corrected chi connectivity index (χ2v) is 10.3. The van der Waals surface area contributed by atoms with Gasteiger partial charge in [-0.2, -0.15) is 0 Å². The van der Waals surface area contributed by atoms with Crippen LogP contribution in [0, 0.1) is 0 Å². The smallest absolute Gasteiger partial charge is 0.264 e. The third-order valence-corrected chi connectivity index (χ3v) is 7.82.